The van der Waals surface area contributed by atoms with Gasteiger partial charge in [0, 0.05) is 25.7 Å². The van der Waals surface area contributed by atoms with E-state index in [0.717, 1.165) is 45.2 Å². The van der Waals surface area contributed by atoms with Crippen molar-refractivity contribution < 1.29 is 13.6 Å². The van der Waals surface area contributed by atoms with Crippen LogP contribution < -0.4 is 0 Å². The molecule has 174 valence electrons. The highest BCUT2D eigenvalue weighted by Gasteiger charge is 2.30. The lowest BCUT2D eigenvalue weighted by atomic mass is 9.70. The Balaban J connectivity index is 2.27. The second-order valence-electron chi connectivity index (χ2n) is 8.97. The fraction of sp³-hybridized carbons (Fsp3) is 0.500. The van der Waals surface area contributed by atoms with Crippen molar-refractivity contribution in [3.63, 3.8) is 0 Å². The molecule has 4 nitrogen and oxygen atoms in total. The van der Waals surface area contributed by atoms with E-state index in [4.69, 9.17) is 0 Å². The van der Waals surface area contributed by atoms with E-state index in [1.165, 1.54) is 24.4 Å². The van der Waals surface area contributed by atoms with Crippen molar-refractivity contribution in [2.75, 3.05) is 13.1 Å². The Kier molecular flexibility index (Phi) is 9.48. The van der Waals surface area contributed by atoms with Gasteiger partial charge >= 0.3 is 0 Å². The summed E-state index contributed by atoms with van der Waals surface area (Å²) in [5, 5.41) is 7.74. The molecule has 2 rings (SSSR count). The zero-order valence-corrected chi connectivity index (χ0v) is 19.5. The fourth-order valence-electron chi connectivity index (χ4n) is 4.18. The van der Waals surface area contributed by atoms with Crippen molar-refractivity contribution in [3.05, 3.63) is 66.4 Å². The molecule has 1 saturated heterocycles. The zero-order valence-electron chi connectivity index (χ0n) is 19.5. The largest absolute Gasteiger partial charge is 0.343 e. The quantitative estimate of drug-likeness (QED) is 0.261. The topological polar surface area (TPSA) is 45.0 Å². The van der Waals surface area contributed by atoms with E-state index >= 15 is 0 Å². The van der Waals surface area contributed by atoms with Gasteiger partial charge in [-0.1, -0.05) is 46.4 Å². The van der Waals surface area contributed by atoms with Crippen LogP contribution in [0.2, 0.25) is 0 Å². The fourth-order valence-corrected chi connectivity index (χ4v) is 4.18. The minimum absolute atomic E-state index is 0.0163. The molecule has 6 heteroatoms. The highest BCUT2D eigenvalue weighted by molar-refractivity contribution is 5.76. The first-order chi connectivity index (χ1) is 15.2. The first-order valence-electron chi connectivity index (χ1n) is 11.4. The van der Waals surface area contributed by atoms with Gasteiger partial charge in [-0.3, -0.25) is 4.79 Å². The number of carbonyl (C=O) groups is 1. The van der Waals surface area contributed by atoms with Gasteiger partial charge in [0.25, 0.3) is 0 Å². The molecule has 0 N–H and O–H groups in total. The van der Waals surface area contributed by atoms with E-state index in [0.29, 0.717) is 12.0 Å². The molecular weight excluding hydrogens is 408 g/mol. The minimum atomic E-state index is -0.713. The monoisotopic (exact) mass is 443 g/mol. The molecule has 0 saturated carbocycles. The Morgan fingerprint density at radius 3 is 2.44 bits per heavy atom. The number of rotatable bonds is 11. The van der Waals surface area contributed by atoms with Crippen LogP contribution in [0.15, 0.2) is 59.4 Å². The number of allylic oxidation sites excluding steroid dienone is 2. The summed E-state index contributed by atoms with van der Waals surface area (Å²) in [5.41, 5.74) is 0.428. The lowest BCUT2D eigenvalue weighted by Gasteiger charge is -2.34. The molecule has 1 heterocycles. The molecular formula is C26H35F2N3O. The maximum Gasteiger partial charge on any atom is 0.222 e. The molecule has 1 fully saturated rings. The average molecular weight is 444 g/mol. The van der Waals surface area contributed by atoms with E-state index < -0.39 is 11.6 Å². The third-order valence-corrected chi connectivity index (χ3v) is 6.43. The number of hydrogen-bond donors (Lipinski definition) is 0. The van der Waals surface area contributed by atoms with Gasteiger partial charge in [-0.25, -0.2) is 8.78 Å². The van der Waals surface area contributed by atoms with Gasteiger partial charge in [0.1, 0.15) is 11.6 Å². The molecule has 1 aliphatic rings. The van der Waals surface area contributed by atoms with Crippen LogP contribution in [0.5, 0.6) is 0 Å². The maximum atomic E-state index is 14.4. The lowest BCUT2D eigenvalue weighted by molar-refractivity contribution is -0.130. The second kappa shape index (κ2) is 11.8. The summed E-state index contributed by atoms with van der Waals surface area (Å²) in [5.74, 6) is -1.21. The van der Waals surface area contributed by atoms with Crippen LogP contribution in [0.25, 0.3) is 5.70 Å². The summed E-state index contributed by atoms with van der Waals surface area (Å²) < 4.78 is 28.9. The van der Waals surface area contributed by atoms with Crippen molar-refractivity contribution in [1.29, 1.82) is 0 Å². The van der Waals surface area contributed by atoms with Crippen LogP contribution >= 0.6 is 0 Å². The van der Waals surface area contributed by atoms with Gasteiger partial charge in [0.15, 0.2) is 0 Å². The summed E-state index contributed by atoms with van der Waals surface area (Å²) in [6, 6.07) is 3.69. The van der Waals surface area contributed by atoms with E-state index in [1.807, 2.05) is 4.90 Å². The Hall–Kier alpha value is -2.63. The van der Waals surface area contributed by atoms with Gasteiger partial charge in [0.2, 0.25) is 5.91 Å². The van der Waals surface area contributed by atoms with Crippen LogP contribution in [0.4, 0.5) is 8.78 Å². The summed E-state index contributed by atoms with van der Waals surface area (Å²) in [7, 11) is 0. The SMILES string of the molecule is C=CN=N/C(=C\C(=C)[C@@H](CCCC(=O)N1CCCC1)C(C)(C)CC)c1c(F)cccc1F. The van der Waals surface area contributed by atoms with Gasteiger partial charge in [-0.2, -0.15) is 10.2 Å². The Labute approximate surface area is 190 Å². The Bertz CT molecular complexity index is 863. The molecule has 0 spiro atoms. The minimum Gasteiger partial charge on any atom is -0.343 e. The number of nitrogens with zero attached hydrogens (tertiary/aromatic N) is 3. The number of carbonyl (C=O) groups excluding carboxylic acids is 1. The molecule has 1 amide bonds. The number of amides is 1. The first-order valence-corrected chi connectivity index (χ1v) is 11.4. The summed E-state index contributed by atoms with van der Waals surface area (Å²) >= 11 is 0. The van der Waals surface area contributed by atoms with E-state index in [9.17, 15) is 13.6 Å². The van der Waals surface area contributed by atoms with E-state index in [-0.39, 0.29) is 28.5 Å². The molecule has 32 heavy (non-hydrogen) atoms. The standard InChI is InChI=1S/C26H35F2N3O/c1-6-26(4,5)20(12-10-15-24(32)31-16-8-9-17-31)19(3)18-23(30-29-7-2)25-21(27)13-11-14-22(25)28/h7,11,13-14,18,20H,2-3,6,8-10,12,15-17H2,1,4-5H3/b23-18-,30-29?/t20-/m1/s1. The second-order valence-corrected chi connectivity index (χ2v) is 8.97. The van der Waals surface area contributed by atoms with Crippen LogP contribution in [0, 0.1) is 23.0 Å². The lowest BCUT2D eigenvalue weighted by Crippen LogP contribution is -2.28. The number of benzene rings is 1. The number of halogens is 2. The van der Waals surface area contributed by atoms with Crippen molar-refractivity contribution in [1.82, 2.24) is 4.90 Å². The van der Waals surface area contributed by atoms with Gasteiger partial charge in [-0.15, -0.1) is 0 Å². The number of hydrogen-bond acceptors (Lipinski definition) is 3. The third-order valence-electron chi connectivity index (χ3n) is 6.43. The zero-order chi connectivity index (χ0) is 23.7. The van der Waals surface area contributed by atoms with Gasteiger partial charge < -0.3 is 4.90 Å². The number of likely N-dealkylation sites (tertiary alicyclic amines) is 1. The highest BCUT2D eigenvalue weighted by Crippen LogP contribution is 2.40. The molecule has 1 aromatic rings. The third kappa shape index (κ3) is 6.68. The molecule has 0 bridgehead atoms. The van der Waals surface area contributed by atoms with Gasteiger partial charge in [-0.05, 0) is 60.8 Å². The first kappa shape index (κ1) is 25.6. The van der Waals surface area contributed by atoms with Crippen LogP contribution in [-0.4, -0.2) is 23.9 Å². The maximum absolute atomic E-state index is 14.4. The summed E-state index contributed by atoms with van der Waals surface area (Å²) in [4.78, 5) is 14.4. The summed E-state index contributed by atoms with van der Waals surface area (Å²) in [6.45, 7) is 15.8. The van der Waals surface area contributed by atoms with Crippen LogP contribution in [0.3, 0.4) is 0 Å². The van der Waals surface area contributed by atoms with Crippen LogP contribution in [-0.2, 0) is 4.79 Å². The van der Waals surface area contributed by atoms with Crippen molar-refractivity contribution >= 4 is 11.6 Å². The van der Waals surface area contributed by atoms with Crippen LogP contribution in [0.1, 0.15) is 64.9 Å². The molecule has 1 atom stereocenters. The normalized spacial score (nSPS) is 15.9. The predicted molar refractivity (Wildman–Crippen MR) is 126 cm³/mol. The van der Waals surface area contributed by atoms with Gasteiger partial charge in [0.05, 0.1) is 11.3 Å². The van der Waals surface area contributed by atoms with E-state index in [2.05, 4.69) is 44.2 Å². The molecule has 0 radical (unpaired) electrons. The van der Waals surface area contributed by atoms with Crippen molar-refractivity contribution in [3.8, 4) is 0 Å². The molecule has 0 aromatic heterocycles. The van der Waals surface area contributed by atoms with Crippen molar-refractivity contribution in [2.24, 2.45) is 21.6 Å². The average Bonchev–Trinajstić information content (AvgIpc) is 3.29. The number of azo groups is 1. The predicted octanol–water partition coefficient (Wildman–Crippen LogP) is 7.30. The van der Waals surface area contributed by atoms with E-state index in [1.54, 1.807) is 6.08 Å². The smallest absolute Gasteiger partial charge is 0.222 e. The van der Waals surface area contributed by atoms with Crippen molar-refractivity contribution in [2.45, 2.75) is 59.3 Å². The molecule has 0 aliphatic carbocycles. The Morgan fingerprint density at radius 2 is 1.88 bits per heavy atom. The summed E-state index contributed by atoms with van der Waals surface area (Å²) in [6.07, 6.45) is 7.85. The molecule has 1 aromatic carbocycles. The Morgan fingerprint density at radius 1 is 1.25 bits per heavy atom. The highest BCUT2D eigenvalue weighted by atomic mass is 19.1. The molecule has 1 aliphatic heterocycles. The molecule has 0 unspecified atom stereocenters.